The number of nitrogens with zero attached hydrogens (tertiary/aromatic N) is 4. The maximum Gasteiger partial charge on any atom is 0.419 e. The molecule has 0 amide bonds. The van der Waals surface area contributed by atoms with E-state index in [2.05, 4.69) is 19.9 Å². The highest BCUT2D eigenvalue weighted by molar-refractivity contribution is 7.92. The van der Waals surface area contributed by atoms with Gasteiger partial charge < -0.3 is 0 Å². The van der Waals surface area contributed by atoms with Crippen molar-refractivity contribution in [3.05, 3.63) is 64.8 Å². The fourth-order valence-electron chi connectivity index (χ4n) is 2.83. The third-order valence-corrected chi connectivity index (χ3v) is 5.64. The highest BCUT2D eigenvalue weighted by atomic mass is 32.2. The summed E-state index contributed by atoms with van der Waals surface area (Å²) in [6.07, 6.45) is -2.17. The number of anilines is 1. The van der Waals surface area contributed by atoms with Crippen LogP contribution < -0.4 is 10.3 Å². The van der Waals surface area contributed by atoms with Gasteiger partial charge in [0.05, 0.1) is 28.4 Å². The molecule has 9 nitrogen and oxygen atoms in total. The number of sulfonamides is 1. The standard InChI is InChI=1S/C17H13F3N6O3S/c1-25-16(27)15-12(23-25)3-2-4-13(15)24-30(28,29)11-5-6-14(21-8-11)26-9-10(7-22-26)17(18,19)20/h2-9,23-24H,1H3. The molecule has 0 aliphatic rings. The van der Waals surface area contributed by atoms with Gasteiger partial charge >= 0.3 is 6.18 Å². The van der Waals surface area contributed by atoms with Gasteiger partial charge in [-0.25, -0.2) is 18.1 Å². The van der Waals surface area contributed by atoms with Crippen molar-refractivity contribution in [3.8, 4) is 5.82 Å². The summed E-state index contributed by atoms with van der Waals surface area (Å²) in [5.74, 6) is 0.00561. The van der Waals surface area contributed by atoms with Crippen molar-refractivity contribution in [1.82, 2.24) is 24.5 Å². The minimum Gasteiger partial charge on any atom is -0.295 e. The maximum atomic E-state index is 12.7. The quantitative estimate of drug-likeness (QED) is 0.507. The number of benzene rings is 1. The van der Waals surface area contributed by atoms with Crippen molar-refractivity contribution in [2.45, 2.75) is 11.1 Å². The Hall–Kier alpha value is -3.61. The van der Waals surface area contributed by atoms with Gasteiger partial charge in [0.1, 0.15) is 4.90 Å². The molecular formula is C17H13F3N6O3S. The van der Waals surface area contributed by atoms with Gasteiger partial charge in [-0.1, -0.05) is 6.07 Å². The van der Waals surface area contributed by atoms with Gasteiger partial charge in [-0.15, -0.1) is 0 Å². The first-order valence-corrected chi connectivity index (χ1v) is 9.83. The van der Waals surface area contributed by atoms with Crippen LogP contribution in [0.1, 0.15) is 5.56 Å². The lowest BCUT2D eigenvalue weighted by atomic mass is 10.2. The summed E-state index contributed by atoms with van der Waals surface area (Å²) in [4.78, 5) is 15.9. The lowest BCUT2D eigenvalue weighted by Crippen LogP contribution is -2.16. The molecule has 1 aromatic carbocycles. The first kappa shape index (κ1) is 19.7. The van der Waals surface area contributed by atoms with Gasteiger partial charge in [0.2, 0.25) is 0 Å². The van der Waals surface area contributed by atoms with Gasteiger partial charge in [0.15, 0.2) is 5.82 Å². The lowest BCUT2D eigenvalue weighted by Gasteiger charge is -2.09. The molecule has 0 radical (unpaired) electrons. The van der Waals surface area contributed by atoms with Crippen LogP contribution in [0.5, 0.6) is 0 Å². The number of aromatic nitrogens is 5. The molecule has 0 bridgehead atoms. The molecule has 0 saturated carbocycles. The second-order valence-electron chi connectivity index (χ2n) is 6.33. The first-order valence-electron chi connectivity index (χ1n) is 8.35. The third kappa shape index (κ3) is 3.43. The minimum atomic E-state index is -4.55. The number of aromatic amines is 1. The predicted molar refractivity (Wildman–Crippen MR) is 101 cm³/mol. The van der Waals surface area contributed by atoms with Crippen LogP contribution in [0.25, 0.3) is 16.7 Å². The van der Waals surface area contributed by atoms with E-state index in [1.54, 1.807) is 12.1 Å². The number of pyridine rings is 1. The average molecular weight is 438 g/mol. The maximum absolute atomic E-state index is 12.7. The number of fused-ring (bicyclic) bond motifs is 1. The summed E-state index contributed by atoms with van der Waals surface area (Å²) in [6.45, 7) is 0. The second-order valence-corrected chi connectivity index (χ2v) is 8.02. The molecule has 0 fully saturated rings. The van der Waals surface area contributed by atoms with Crippen LogP contribution in [-0.2, 0) is 23.2 Å². The van der Waals surface area contributed by atoms with Gasteiger partial charge in [-0.3, -0.25) is 19.3 Å². The van der Waals surface area contributed by atoms with E-state index in [0.29, 0.717) is 11.7 Å². The van der Waals surface area contributed by atoms with Crippen molar-refractivity contribution < 1.29 is 21.6 Å². The number of alkyl halides is 3. The Kier molecular flexibility index (Phi) is 4.42. The summed E-state index contributed by atoms with van der Waals surface area (Å²) in [6, 6.07) is 7.05. The highest BCUT2D eigenvalue weighted by Crippen LogP contribution is 2.29. The monoisotopic (exact) mass is 438 g/mol. The molecule has 0 saturated heterocycles. The van der Waals surface area contributed by atoms with E-state index >= 15 is 0 Å². The number of nitrogens with one attached hydrogen (secondary N) is 2. The van der Waals surface area contributed by atoms with Gasteiger partial charge in [-0.2, -0.15) is 18.3 Å². The summed E-state index contributed by atoms with van der Waals surface area (Å²) < 4.78 is 68.0. The predicted octanol–water partition coefficient (Wildman–Crippen LogP) is 2.27. The lowest BCUT2D eigenvalue weighted by molar-refractivity contribution is -0.137. The van der Waals surface area contributed by atoms with E-state index in [1.165, 1.54) is 29.9 Å². The number of rotatable bonds is 4. The Morgan fingerprint density at radius 3 is 2.53 bits per heavy atom. The van der Waals surface area contributed by atoms with Crippen LogP contribution in [-0.4, -0.2) is 33.0 Å². The molecule has 30 heavy (non-hydrogen) atoms. The largest absolute Gasteiger partial charge is 0.419 e. The van der Waals surface area contributed by atoms with Crippen LogP contribution in [0.2, 0.25) is 0 Å². The minimum absolute atomic E-state index is 0.00561. The Labute approximate surface area is 166 Å². The van der Waals surface area contributed by atoms with Crippen molar-refractivity contribution in [2.75, 3.05) is 4.72 Å². The van der Waals surface area contributed by atoms with Crippen LogP contribution in [0.4, 0.5) is 18.9 Å². The molecular weight excluding hydrogens is 425 g/mol. The third-order valence-electron chi connectivity index (χ3n) is 4.29. The number of hydrogen-bond donors (Lipinski definition) is 2. The molecule has 4 rings (SSSR count). The molecule has 3 heterocycles. The van der Waals surface area contributed by atoms with Gasteiger partial charge in [-0.05, 0) is 24.3 Å². The van der Waals surface area contributed by atoms with E-state index in [9.17, 15) is 26.4 Å². The zero-order valence-corrected chi connectivity index (χ0v) is 16.0. The van der Waals surface area contributed by atoms with Crippen LogP contribution in [0.3, 0.4) is 0 Å². The average Bonchev–Trinajstić information content (AvgIpc) is 3.28. The van der Waals surface area contributed by atoms with Crippen molar-refractivity contribution in [2.24, 2.45) is 7.05 Å². The smallest absolute Gasteiger partial charge is 0.295 e. The van der Waals surface area contributed by atoms with E-state index in [4.69, 9.17) is 0 Å². The molecule has 0 spiro atoms. The number of halogens is 3. The summed E-state index contributed by atoms with van der Waals surface area (Å²) in [7, 11) is -2.61. The van der Waals surface area contributed by atoms with Crippen LogP contribution >= 0.6 is 0 Å². The van der Waals surface area contributed by atoms with Crippen molar-refractivity contribution in [1.29, 1.82) is 0 Å². The second kappa shape index (κ2) is 6.73. The highest BCUT2D eigenvalue weighted by Gasteiger charge is 2.32. The fraction of sp³-hybridized carbons (Fsp3) is 0.118. The fourth-order valence-corrected chi connectivity index (χ4v) is 3.84. The molecule has 0 unspecified atom stereocenters. The molecule has 3 aromatic heterocycles. The number of aryl methyl sites for hydroxylation is 1. The van der Waals surface area contributed by atoms with Gasteiger partial charge in [0.25, 0.3) is 15.6 Å². The van der Waals surface area contributed by atoms with Crippen LogP contribution in [0.15, 0.2) is 58.6 Å². The van der Waals surface area contributed by atoms with Gasteiger partial charge in [0, 0.05) is 19.4 Å². The summed E-state index contributed by atoms with van der Waals surface area (Å²) in [5.41, 5.74) is -0.824. The molecule has 156 valence electrons. The zero-order valence-electron chi connectivity index (χ0n) is 15.2. The Bertz CT molecular complexity index is 1400. The molecule has 13 heteroatoms. The molecule has 4 aromatic rings. The van der Waals surface area contributed by atoms with Crippen molar-refractivity contribution >= 4 is 26.6 Å². The van der Waals surface area contributed by atoms with Crippen LogP contribution in [0, 0.1) is 0 Å². The molecule has 2 N–H and O–H groups in total. The zero-order chi connectivity index (χ0) is 21.7. The Morgan fingerprint density at radius 1 is 1.13 bits per heavy atom. The first-order chi connectivity index (χ1) is 14.1. The number of H-pyrrole nitrogens is 1. The van der Waals surface area contributed by atoms with E-state index in [-0.39, 0.29) is 21.8 Å². The SMILES string of the molecule is Cn1[nH]c2cccc(NS(=O)(=O)c3ccc(-n4cc(C(F)(F)F)cn4)nc3)c2c1=O. The molecule has 0 aliphatic carbocycles. The van der Waals surface area contributed by atoms with E-state index < -0.39 is 27.3 Å². The molecule has 0 atom stereocenters. The van der Waals surface area contributed by atoms with Crippen molar-refractivity contribution in [3.63, 3.8) is 0 Å². The summed E-state index contributed by atoms with van der Waals surface area (Å²) >= 11 is 0. The topological polar surface area (TPSA) is 115 Å². The number of hydrogen-bond acceptors (Lipinski definition) is 5. The normalized spacial score (nSPS) is 12.4. The van der Waals surface area contributed by atoms with E-state index in [0.717, 1.165) is 17.1 Å². The van der Waals surface area contributed by atoms with E-state index in [1.807, 2.05) is 0 Å². The Morgan fingerprint density at radius 2 is 1.90 bits per heavy atom. The molecule has 0 aliphatic heterocycles. The summed E-state index contributed by atoms with van der Waals surface area (Å²) in [5, 5.41) is 6.56. The Balaban J connectivity index is 1.64.